The van der Waals surface area contributed by atoms with Crippen LogP contribution in [0, 0.1) is 0 Å². The summed E-state index contributed by atoms with van der Waals surface area (Å²) in [5.41, 5.74) is 2.14. The third kappa shape index (κ3) is 3.32. The van der Waals surface area contributed by atoms with Crippen LogP contribution < -0.4 is 15.4 Å². The first-order valence-electron chi connectivity index (χ1n) is 6.77. The number of benzene rings is 1. The molecule has 0 amide bonds. The molecule has 1 aliphatic rings. The van der Waals surface area contributed by atoms with Crippen molar-refractivity contribution in [3.8, 4) is 5.88 Å². The molecule has 1 aromatic heterocycles. The first kappa shape index (κ1) is 14.9. The molecule has 3 rings (SSSR count). The SMILES string of the molecule is COc1ccc2cc(NC3CCNCC3)ccc2n1.Cl. The van der Waals surface area contributed by atoms with Crippen molar-refractivity contribution in [2.24, 2.45) is 0 Å². The van der Waals surface area contributed by atoms with Crippen LogP contribution in [0.4, 0.5) is 5.69 Å². The predicted octanol–water partition coefficient (Wildman–Crippen LogP) is 2.83. The Bertz CT molecular complexity index is 570. The fourth-order valence-corrected chi connectivity index (χ4v) is 2.51. The fourth-order valence-electron chi connectivity index (χ4n) is 2.51. The highest BCUT2D eigenvalue weighted by molar-refractivity contribution is 5.85. The van der Waals surface area contributed by atoms with Gasteiger partial charge in [-0.15, -0.1) is 12.4 Å². The van der Waals surface area contributed by atoms with Gasteiger partial charge in [-0.25, -0.2) is 4.98 Å². The third-order valence-corrected chi connectivity index (χ3v) is 3.58. The van der Waals surface area contributed by atoms with E-state index in [0.29, 0.717) is 11.9 Å². The Labute approximate surface area is 125 Å². The first-order valence-corrected chi connectivity index (χ1v) is 6.77. The molecule has 0 atom stereocenters. The molecule has 2 N–H and O–H groups in total. The second kappa shape index (κ2) is 6.77. The number of hydrogen-bond acceptors (Lipinski definition) is 4. The first-order chi connectivity index (χ1) is 9.35. The quantitative estimate of drug-likeness (QED) is 0.913. The molecule has 0 aliphatic carbocycles. The predicted molar refractivity (Wildman–Crippen MR) is 85.1 cm³/mol. The van der Waals surface area contributed by atoms with Crippen molar-refractivity contribution in [1.82, 2.24) is 10.3 Å². The Morgan fingerprint density at radius 2 is 2.00 bits per heavy atom. The molecule has 0 saturated carbocycles. The summed E-state index contributed by atoms with van der Waals surface area (Å²) in [7, 11) is 1.64. The van der Waals surface area contributed by atoms with Crippen LogP contribution in [0.25, 0.3) is 10.9 Å². The Morgan fingerprint density at radius 1 is 1.20 bits per heavy atom. The number of aromatic nitrogens is 1. The lowest BCUT2D eigenvalue weighted by molar-refractivity contribution is 0.399. The number of pyridine rings is 1. The van der Waals surface area contributed by atoms with Gasteiger partial charge in [-0.3, -0.25) is 0 Å². The Kier molecular flexibility index (Phi) is 5.04. The van der Waals surface area contributed by atoms with Crippen LogP contribution in [0.2, 0.25) is 0 Å². The van der Waals surface area contributed by atoms with Crippen molar-refractivity contribution >= 4 is 29.0 Å². The molecule has 20 heavy (non-hydrogen) atoms. The number of ether oxygens (including phenoxy) is 1. The highest BCUT2D eigenvalue weighted by Gasteiger charge is 2.12. The molecule has 2 heterocycles. The number of rotatable bonds is 3. The number of nitrogens with one attached hydrogen (secondary N) is 2. The second-order valence-corrected chi connectivity index (χ2v) is 4.93. The molecule has 2 aromatic rings. The van der Waals surface area contributed by atoms with Gasteiger partial charge in [-0.05, 0) is 50.2 Å². The Balaban J connectivity index is 0.00000147. The van der Waals surface area contributed by atoms with E-state index in [1.807, 2.05) is 12.1 Å². The number of methoxy groups -OCH3 is 1. The molecule has 0 bridgehead atoms. The molecule has 1 aromatic carbocycles. The normalized spacial score (nSPS) is 15.7. The molecular formula is C15H20ClN3O. The number of anilines is 1. The lowest BCUT2D eigenvalue weighted by atomic mass is 10.1. The van der Waals surface area contributed by atoms with E-state index >= 15 is 0 Å². The molecular weight excluding hydrogens is 274 g/mol. The second-order valence-electron chi connectivity index (χ2n) is 4.93. The van der Waals surface area contributed by atoms with Gasteiger partial charge in [0.05, 0.1) is 12.6 Å². The molecule has 1 saturated heterocycles. The van der Waals surface area contributed by atoms with E-state index in [4.69, 9.17) is 4.74 Å². The Hall–Kier alpha value is -1.52. The fraction of sp³-hybridized carbons (Fsp3) is 0.400. The van der Waals surface area contributed by atoms with Gasteiger partial charge in [0.1, 0.15) is 0 Å². The highest BCUT2D eigenvalue weighted by Crippen LogP contribution is 2.22. The molecule has 4 nitrogen and oxygen atoms in total. The van der Waals surface area contributed by atoms with Crippen molar-refractivity contribution in [2.45, 2.75) is 18.9 Å². The summed E-state index contributed by atoms with van der Waals surface area (Å²) in [6.45, 7) is 2.20. The van der Waals surface area contributed by atoms with Crippen molar-refractivity contribution in [3.63, 3.8) is 0 Å². The van der Waals surface area contributed by atoms with Gasteiger partial charge in [0.2, 0.25) is 5.88 Å². The third-order valence-electron chi connectivity index (χ3n) is 3.58. The van der Waals surface area contributed by atoms with E-state index in [1.54, 1.807) is 7.11 Å². The van der Waals surface area contributed by atoms with Gasteiger partial charge in [0, 0.05) is 23.2 Å². The van der Waals surface area contributed by atoms with Crippen LogP contribution >= 0.6 is 12.4 Å². The van der Waals surface area contributed by atoms with Crippen molar-refractivity contribution in [2.75, 3.05) is 25.5 Å². The topological polar surface area (TPSA) is 46.2 Å². The lowest BCUT2D eigenvalue weighted by Gasteiger charge is -2.24. The number of halogens is 1. The summed E-state index contributed by atoms with van der Waals surface area (Å²) >= 11 is 0. The van der Waals surface area contributed by atoms with Crippen LogP contribution in [0.5, 0.6) is 5.88 Å². The zero-order valence-corrected chi connectivity index (χ0v) is 12.4. The highest BCUT2D eigenvalue weighted by atomic mass is 35.5. The lowest BCUT2D eigenvalue weighted by Crippen LogP contribution is -2.35. The standard InChI is InChI=1S/C15H19N3O.ClH/c1-19-15-5-2-11-10-13(3-4-14(11)18-15)17-12-6-8-16-9-7-12;/h2-5,10,12,16-17H,6-9H2,1H3;1H. The number of piperidine rings is 1. The van der Waals surface area contributed by atoms with Gasteiger partial charge in [-0.1, -0.05) is 0 Å². The molecule has 5 heteroatoms. The molecule has 0 radical (unpaired) electrons. The maximum absolute atomic E-state index is 5.14. The van der Waals surface area contributed by atoms with Crippen LogP contribution in [0.3, 0.4) is 0 Å². The molecule has 108 valence electrons. The largest absolute Gasteiger partial charge is 0.481 e. The van der Waals surface area contributed by atoms with Crippen molar-refractivity contribution < 1.29 is 4.74 Å². The van der Waals surface area contributed by atoms with Gasteiger partial charge >= 0.3 is 0 Å². The zero-order chi connectivity index (χ0) is 13.1. The van der Waals surface area contributed by atoms with E-state index in [-0.39, 0.29) is 12.4 Å². The minimum atomic E-state index is 0. The van der Waals surface area contributed by atoms with Crippen LogP contribution in [-0.4, -0.2) is 31.2 Å². The van der Waals surface area contributed by atoms with E-state index in [1.165, 1.54) is 18.5 Å². The number of nitrogens with zero attached hydrogens (tertiary/aromatic N) is 1. The molecule has 1 aliphatic heterocycles. The molecule has 1 fully saturated rings. The summed E-state index contributed by atoms with van der Waals surface area (Å²) in [6, 6.07) is 10.8. The van der Waals surface area contributed by atoms with Crippen LogP contribution in [0.15, 0.2) is 30.3 Å². The number of hydrogen-bond donors (Lipinski definition) is 2. The summed E-state index contributed by atoms with van der Waals surface area (Å²) in [6.07, 6.45) is 2.36. The van der Waals surface area contributed by atoms with E-state index in [0.717, 1.165) is 24.0 Å². The maximum Gasteiger partial charge on any atom is 0.213 e. The molecule has 0 unspecified atom stereocenters. The molecule has 0 spiro atoms. The maximum atomic E-state index is 5.14. The smallest absolute Gasteiger partial charge is 0.213 e. The monoisotopic (exact) mass is 293 g/mol. The number of fused-ring (bicyclic) bond motifs is 1. The van der Waals surface area contributed by atoms with E-state index in [9.17, 15) is 0 Å². The average molecular weight is 294 g/mol. The average Bonchev–Trinajstić information content (AvgIpc) is 2.48. The van der Waals surface area contributed by atoms with Gasteiger partial charge in [0.25, 0.3) is 0 Å². The summed E-state index contributed by atoms with van der Waals surface area (Å²) in [4.78, 5) is 4.42. The van der Waals surface area contributed by atoms with Crippen molar-refractivity contribution in [1.29, 1.82) is 0 Å². The van der Waals surface area contributed by atoms with E-state index < -0.39 is 0 Å². The zero-order valence-electron chi connectivity index (χ0n) is 11.6. The van der Waals surface area contributed by atoms with Gasteiger partial charge < -0.3 is 15.4 Å². The minimum Gasteiger partial charge on any atom is -0.481 e. The Morgan fingerprint density at radius 3 is 2.75 bits per heavy atom. The van der Waals surface area contributed by atoms with Crippen LogP contribution in [-0.2, 0) is 0 Å². The summed E-state index contributed by atoms with van der Waals surface area (Å²) < 4.78 is 5.14. The van der Waals surface area contributed by atoms with E-state index in [2.05, 4.69) is 33.8 Å². The van der Waals surface area contributed by atoms with Gasteiger partial charge in [-0.2, -0.15) is 0 Å². The summed E-state index contributed by atoms with van der Waals surface area (Å²) in [5.74, 6) is 0.659. The van der Waals surface area contributed by atoms with Crippen molar-refractivity contribution in [3.05, 3.63) is 30.3 Å². The summed E-state index contributed by atoms with van der Waals surface area (Å²) in [5, 5.41) is 8.12. The van der Waals surface area contributed by atoms with Crippen LogP contribution in [0.1, 0.15) is 12.8 Å². The minimum absolute atomic E-state index is 0. The van der Waals surface area contributed by atoms with Gasteiger partial charge in [0.15, 0.2) is 0 Å².